The number of nitrogens with one attached hydrogen (secondary N) is 1. The fourth-order valence-corrected chi connectivity index (χ4v) is 2.90. The summed E-state index contributed by atoms with van der Waals surface area (Å²) in [6.45, 7) is 0.729. The Labute approximate surface area is 110 Å². The molecular formula is C14H17F2N3. The highest BCUT2D eigenvalue weighted by molar-refractivity contribution is 5.75. The second-order valence-corrected chi connectivity index (χ2v) is 5.33. The third kappa shape index (κ3) is 2.23. The van der Waals surface area contributed by atoms with Crippen LogP contribution in [-0.4, -0.2) is 16.5 Å². The molecule has 3 N–H and O–H groups in total. The summed E-state index contributed by atoms with van der Waals surface area (Å²) in [6.07, 6.45) is 4.17. The summed E-state index contributed by atoms with van der Waals surface area (Å²) in [5, 5.41) is 0. The Balaban J connectivity index is 1.88. The standard InChI is InChI=1S/C14H17F2N3/c15-10-5-6-11-13(12(10)16)19-14(18-11)9-3-1-8(7-17)2-4-9/h5-6,8-9H,1-4,7,17H2,(H,18,19). The highest BCUT2D eigenvalue weighted by atomic mass is 19.2. The van der Waals surface area contributed by atoms with Crippen molar-refractivity contribution in [2.24, 2.45) is 11.7 Å². The van der Waals surface area contributed by atoms with Gasteiger partial charge in [-0.15, -0.1) is 0 Å². The van der Waals surface area contributed by atoms with Crippen LogP contribution in [0.4, 0.5) is 8.78 Å². The number of H-pyrrole nitrogens is 1. The van der Waals surface area contributed by atoms with Crippen LogP contribution in [0, 0.1) is 17.6 Å². The summed E-state index contributed by atoms with van der Waals surface area (Å²) in [5.41, 5.74) is 6.34. The summed E-state index contributed by atoms with van der Waals surface area (Å²) in [7, 11) is 0. The van der Waals surface area contributed by atoms with Gasteiger partial charge in [-0.05, 0) is 50.3 Å². The Morgan fingerprint density at radius 3 is 2.63 bits per heavy atom. The van der Waals surface area contributed by atoms with Gasteiger partial charge in [-0.3, -0.25) is 0 Å². The van der Waals surface area contributed by atoms with E-state index in [1.807, 2.05) is 0 Å². The largest absolute Gasteiger partial charge is 0.342 e. The van der Waals surface area contributed by atoms with E-state index in [0.717, 1.165) is 44.1 Å². The molecule has 1 aliphatic rings. The number of benzene rings is 1. The molecule has 0 saturated heterocycles. The van der Waals surface area contributed by atoms with Crippen LogP contribution in [0.1, 0.15) is 37.4 Å². The topological polar surface area (TPSA) is 54.7 Å². The zero-order valence-corrected chi connectivity index (χ0v) is 10.6. The maximum Gasteiger partial charge on any atom is 0.186 e. The quantitative estimate of drug-likeness (QED) is 0.876. The smallest absolute Gasteiger partial charge is 0.186 e. The molecule has 0 unspecified atom stereocenters. The fourth-order valence-electron chi connectivity index (χ4n) is 2.90. The van der Waals surface area contributed by atoms with Gasteiger partial charge in [-0.2, -0.15) is 0 Å². The van der Waals surface area contributed by atoms with Crippen LogP contribution >= 0.6 is 0 Å². The Bertz CT molecular complexity index is 586. The van der Waals surface area contributed by atoms with Crippen molar-refractivity contribution in [3.63, 3.8) is 0 Å². The second-order valence-electron chi connectivity index (χ2n) is 5.33. The molecular weight excluding hydrogens is 248 g/mol. The minimum atomic E-state index is -0.865. The van der Waals surface area contributed by atoms with Gasteiger partial charge in [0.15, 0.2) is 11.6 Å². The molecule has 0 radical (unpaired) electrons. The predicted octanol–water partition coefficient (Wildman–Crippen LogP) is 3.07. The van der Waals surface area contributed by atoms with Gasteiger partial charge >= 0.3 is 0 Å². The first-order valence-electron chi connectivity index (χ1n) is 6.72. The molecule has 1 saturated carbocycles. The van der Waals surface area contributed by atoms with Crippen molar-refractivity contribution in [3.05, 3.63) is 29.6 Å². The molecule has 1 fully saturated rings. The number of nitrogens with two attached hydrogens (primary N) is 1. The zero-order valence-electron chi connectivity index (χ0n) is 10.6. The number of nitrogens with zero attached hydrogens (tertiary/aromatic N) is 1. The molecule has 1 aromatic carbocycles. The van der Waals surface area contributed by atoms with Gasteiger partial charge < -0.3 is 10.7 Å². The molecule has 3 rings (SSSR count). The van der Waals surface area contributed by atoms with Crippen LogP contribution in [-0.2, 0) is 0 Å². The minimum Gasteiger partial charge on any atom is -0.342 e. The number of hydrogen-bond donors (Lipinski definition) is 2. The highest BCUT2D eigenvalue weighted by Crippen LogP contribution is 2.35. The predicted molar refractivity (Wildman–Crippen MR) is 69.8 cm³/mol. The van der Waals surface area contributed by atoms with Gasteiger partial charge in [0.1, 0.15) is 11.3 Å². The molecule has 1 aliphatic carbocycles. The lowest BCUT2D eigenvalue weighted by Gasteiger charge is -2.26. The summed E-state index contributed by atoms with van der Waals surface area (Å²) in [5.74, 6) is -0.0459. The lowest BCUT2D eigenvalue weighted by molar-refractivity contribution is 0.326. The molecule has 0 atom stereocenters. The van der Waals surface area contributed by atoms with E-state index in [4.69, 9.17) is 5.73 Å². The van der Waals surface area contributed by atoms with Crippen molar-refractivity contribution in [2.45, 2.75) is 31.6 Å². The molecule has 5 heteroatoms. The van der Waals surface area contributed by atoms with E-state index in [0.29, 0.717) is 17.4 Å². The summed E-state index contributed by atoms with van der Waals surface area (Å²) in [6, 6.07) is 2.67. The van der Waals surface area contributed by atoms with Gasteiger partial charge in [-0.1, -0.05) is 0 Å². The van der Waals surface area contributed by atoms with Gasteiger partial charge in [-0.25, -0.2) is 13.8 Å². The lowest BCUT2D eigenvalue weighted by Crippen LogP contribution is -2.21. The van der Waals surface area contributed by atoms with Crippen LogP contribution in [0.15, 0.2) is 12.1 Å². The molecule has 19 heavy (non-hydrogen) atoms. The Hall–Kier alpha value is -1.49. The second kappa shape index (κ2) is 4.89. The average molecular weight is 265 g/mol. The molecule has 0 aliphatic heterocycles. The number of aromatic amines is 1. The third-order valence-corrected chi connectivity index (χ3v) is 4.13. The summed E-state index contributed by atoms with van der Waals surface area (Å²) < 4.78 is 26.8. The van der Waals surface area contributed by atoms with Gasteiger partial charge in [0.05, 0.1) is 5.52 Å². The van der Waals surface area contributed by atoms with E-state index in [1.165, 1.54) is 6.07 Å². The van der Waals surface area contributed by atoms with Crippen molar-refractivity contribution in [1.82, 2.24) is 9.97 Å². The molecule has 0 amide bonds. The first-order chi connectivity index (χ1) is 9.19. The molecule has 1 heterocycles. The van der Waals surface area contributed by atoms with Crippen molar-refractivity contribution >= 4 is 11.0 Å². The Kier molecular flexibility index (Phi) is 3.22. The van der Waals surface area contributed by atoms with Crippen LogP contribution in [0.3, 0.4) is 0 Å². The number of hydrogen-bond acceptors (Lipinski definition) is 2. The zero-order chi connectivity index (χ0) is 13.4. The van der Waals surface area contributed by atoms with Crippen molar-refractivity contribution < 1.29 is 8.78 Å². The van der Waals surface area contributed by atoms with Crippen LogP contribution < -0.4 is 5.73 Å². The third-order valence-electron chi connectivity index (χ3n) is 4.13. The normalized spacial score (nSPS) is 23.9. The monoisotopic (exact) mass is 265 g/mol. The molecule has 102 valence electrons. The molecule has 2 aromatic rings. The van der Waals surface area contributed by atoms with E-state index in [9.17, 15) is 8.78 Å². The maximum absolute atomic E-state index is 13.6. The first kappa shape index (κ1) is 12.5. The van der Waals surface area contributed by atoms with Gasteiger partial charge in [0, 0.05) is 5.92 Å². The Morgan fingerprint density at radius 2 is 1.95 bits per heavy atom. The minimum absolute atomic E-state index is 0.107. The van der Waals surface area contributed by atoms with E-state index in [-0.39, 0.29) is 5.52 Å². The van der Waals surface area contributed by atoms with Crippen LogP contribution in [0.2, 0.25) is 0 Å². The average Bonchev–Trinajstić information content (AvgIpc) is 2.88. The number of fused-ring (bicyclic) bond motifs is 1. The van der Waals surface area contributed by atoms with E-state index >= 15 is 0 Å². The van der Waals surface area contributed by atoms with Crippen molar-refractivity contribution in [3.8, 4) is 0 Å². The first-order valence-corrected chi connectivity index (χ1v) is 6.72. The van der Waals surface area contributed by atoms with Gasteiger partial charge in [0.25, 0.3) is 0 Å². The van der Waals surface area contributed by atoms with E-state index in [1.54, 1.807) is 0 Å². The Morgan fingerprint density at radius 1 is 1.21 bits per heavy atom. The van der Waals surface area contributed by atoms with Crippen LogP contribution in [0.5, 0.6) is 0 Å². The SMILES string of the molecule is NCC1CCC(c2nc3c(F)c(F)ccc3[nH]2)CC1. The van der Waals surface area contributed by atoms with E-state index in [2.05, 4.69) is 9.97 Å². The van der Waals surface area contributed by atoms with Crippen LogP contribution in [0.25, 0.3) is 11.0 Å². The number of imidazole rings is 1. The number of aromatic nitrogens is 2. The number of rotatable bonds is 2. The molecule has 0 spiro atoms. The fraction of sp³-hybridized carbons (Fsp3) is 0.500. The molecule has 3 nitrogen and oxygen atoms in total. The summed E-state index contributed by atoms with van der Waals surface area (Å²) in [4.78, 5) is 7.36. The van der Waals surface area contributed by atoms with Crippen molar-refractivity contribution in [2.75, 3.05) is 6.54 Å². The molecule has 1 aromatic heterocycles. The lowest BCUT2D eigenvalue weighted by atomic mass is 9.82. The van der Waals surface area contributed by atoms with E-state index < -0.39 is 11.6 Å². The molecule has 0 bridgehead atoms. The summed E-state index contributed by atoms with van der Waals surface area (Å²) >= 11 is 0. The maximum atomic E-state index is 13.6. The highest BCUT2D eigenvalue weighted by Gasteiger charge is 2.24. The number of halogens is 2. The van der Waals surface area contributed by atoms with Gasteiger partial charge in [0.2, 0.25) is 0 Å². The van der Waals surface area contributed by atoms with Crippen molar-refractivity contribution in [1.29, 1.82) is 0 Å².